The number of hydrogen-bond donors (Lipinski definition) is 0. The predicted molar refractivity (Wildman–Crippen MR) is 86.0 cm³/mol. The van der Waals surface area contributed by atoms with E-state index in [4.69, 9.17) is 6.57 Å². The van der Waals surface area contributed by atoms with Crippen molar-refractivity contribution in [3.05, 3.63) is 64.5 Å². The fraction of sp³-hybridized carbons (Fsp3) is 0.389. The third-order valence-corrected chi connectivity index (χ3v) is 3.98. The van der Waals surface area contributed by atoms with Gasteiger partial charge in [-0.2, -0.15) is 10.4 Å². The van der Waals surface area contributed by atoms with Crippen LogP contribution < -0.4 is 0 Å². The van der Waals surface area contributed by atoms with Crippen LogP contribution in [0, 0.1) is 23.7 Å². The van der Waals surface area contributed by atoms with Gasteiger partial charge in [0, 0.05) is 42.9 Å². The van der Waals surface area contributed by atoms with Gasteiger partial charge in [0.15, 0.2) is 0 Å². The van der Waals surface area contributed by atoms with Crippen molar-refractivity contribution in [3.8, 4) is 6.07 Å². The first-order chi connectivity index (χ1) is 10.7. The number of nitrogens with zero attached hydrogens (tertiary/aromatic N) is 4. The van der Waals surface area contributed by atoms with Crippen LogP contribution in [0.15, 0.2) is 30.6 Å². The Morgan fingerprint density at radius 3 is 2.57 bits per heavy atom. The van der Waals surface area contributed by atoms with E-state index in [0.29, 0.717) is 16.7 Å². The molecule has 1 aromatic heterocycles. The summed E-state index contributed by atoms with van der Waals surface area (Å²) in [6.45, 7) is 14.6. The van der Waals surface area contributed by atoms with Gasteiger partial charge in [-0.25, -0.2) is 11.0 Å². The Bertz CT molecular complexity index is 790. The van der Waals surface area contributed by atoms with E-state index in [2.05, 4.69) is 16.0 Å². The molecule has 5 heteroatoms. The zero-order valence-electron chi connectivity index (χ0n) is 13.8. The minimum Gasteiger partial charge on any atom is -0.306 e. The van der Waals surface area contributed by atoms with Crippen LogP contribution in [-0.2, 0) is 17.5 Å². The van der Waals surface area contributed by atoms with Gasteiger partial charge >= 0.3 is 0 Å². The molecule has 0 atom stereocenters. The lowest BCUT2D eigenvalue weighted by atomic mass is 9.81. The van der Waals surface area contributed by atoms with Crippen LogP contribution in [0.3, 0.4) is 0 Å². The van der Waals surface area contributed by atoms with Crippen LogP contribution in [0.4, 0.5) is 4.39 Å². The molecule has 0 saturated heterocycles. The van der Waals surface area contributed by atoms with Gasteiger partial charge in [-0.1, -0.05) is 0 Å². The average Bonchev–Trinajstić information content (AvgIpc) is 3.01. The van der Waals surface area contributed by atoms with E-state index in [1.54, 1.807) is 63.0 Å². The van der Waals surface area contributed by atoms with Gasteiger partial charge in [-0.15, -0.1) is 0 Å². The van der Waals surface area contributed by atoms with E-state index in [1.807, 2.05) is 0 Å². The molecule has 0 aliphatic carbocycles. The van der Waals surface area contributed by atoms with Crippen molar-refractivity contribution in [2.45, 2.75) is 45.2 Å². The maximum absolute atomic E-state index is 14.9. The minimum atomic E-state index is -0.975. The maximum Gasteiger partial charge on any atom is 0.252 e. The van der Waals surface area contributed by atoms with Gasteiger partial charge in [0.25, 0.3) is 5.54 Å². The van der Waals surface area contributed by atoms with E-state index in [-0.39, 0.29) is 6.54 Å². The van der Waals surface area contributed by atoms with Gasteiger partial charge in [0.2, 0.25) is 0 Å². The molecular weight excluding hydrogens is 291 g/mol. The van der Waals surface area contributed by atoms with E-state index in [9.17, 15) is 9.65 Å². The molecule has 2 rings (SSSR count). The van der Waals surface area contributed by atoms with Crippen LogP contribution in [0.25, 0.3) is 4.85 Å². The molecule has 4 nitrogen and oxygen atoms in total. The van der Waals surface area contributed by atoms with Crippen molar-refractivity contribution in [2.24, 2.45) is 0 Å². The van der Waals surface area contributed by atoms with Crippen molar-refractivity contribution in [3.63, 3.8) is 0 Å². The van der Waals surface area contributed by atoms with Crippen molar-refractivity contribution in [2.75, 3.05) is 0 Å². The number of rotatable bonds is 4. The maximum atomic E-state index is 14.9. The molecule has 0 amide bonds. The Morgan fingerprint density at radius 2 is 2.04 bits per heavy atom. The van der Waals surface area contributed by atoms with Gasteiger partial charge in [0.05, 0.1) is 18.0 Å². The smallest absolute Gasteiger partial charge is 0.252 e. The largest absolute Gasteiger partial charge is 0.306 e. The van der Waals surface area contributed by atoms with E-state index in [1.165, 1.54) is 0 Å². The first-order valence-corrected chi connectivity index (χ1v) is 7.32. The number of aromatic nitrogens is 2. The molecule has 1 aromatic carbocycles. The van der Waals surface area contributed by atoms with Gasteiger partial charge < -0.3 is 4.85 Å². The second-order valence-electron chi connectivity index (χ2n) is 6.61. The van der Waals surface area contributed by atoms with Crippen molar-refractivity contribution < 1.29 is 4.39 Å². The Morgan fingerprint density at radius 1 is 1.35 bits per heavy atom. The molecule has 2 aromatic rings. The van der Waals surface area contributed by atoms with Gasteiger partial charge in [-0.3, -0.25) is 4.68 Å². The topological polar surface area (TPSA) is 46.0 Å². The molecule has 23 heavy (non-hydrogen) atoms. The molecule has 0 fully saturated rings. The summed E-state index contributed by atoms with van der Waals surface area (Å²) in [5, 5.41) is 13.5. The summed E-state index contributed by atoms with van der Waals surface area (Å²) < 4.78 is 16.6. The molecule has 0 saturated carbocycles. The Kier molecular flexibility index (Phi) is 4.25. The van der Waals surface area contributed by atoms with Gasteiger partial charge in [0.1, 0.15) is 5.82 Å². The summed E-state index contributed by atoms with van der Waals surface area (Å²) in [5.41, 5.74) is -0.309. The molecule has 0 unspecified atom stereocenters. The Labute approximate surface area is 136 Å². The van der Waals surface area contributed by atoms with Crippen LogP contribution in [0.5, 0.6) is 0 Å². The second kappa shape index (κ2) is 5.85. The number of benzene rings is 1. The minimum absolute atomic E-state index is 0.259. The second-order valence-corrected chi connectivity index (χ2v) is 6.61. The quantitative estimate of drug-likeness (QED) is 0.801. The fourth-order valence-corrected chi connectivity index (χ4v) is 2.30. The van der Waals surface area contributed by atoms with Crippen molar-refractivity contribution in [1.29, 1.82) is 5.26 Å². The molecule has 0 spiro atoms. The molecule has 0 aliphatic rings. The molecule has 0 radical (unpaired) electrons. The molecule has 0 aliphatic heterocycles. The van der Waals surface area contributed by atoms with Crippen LogP contribution in [0.1, 0.15) is 44.4 Å². The molecule has 0 bridgehead atoms. The fourth-order valence-electron chi connectivity index (χ4n) is 2.30. The summed E-state index contributed by atoms with van der Waals surface area (Å²) >= 11 is 0. The summed E-state index contributed by atoms with van der Waals surface area (Å²) in [6.07, 6.45) is 3.38. The summed E-state index contributed by atoms with van der Waals surface area (Å²) in [6, 6.07) is 7.25. The predicted octanol–water partition coefficient (Wildman–Crippen LogP) is 4.03. The lowest BCUT2D eigenvalue weighted by molar-refractivity contribution is 0.534. The summed E-state index contributed by atoms with van der Waals surface area (Å²) in [5.74, 6) is -0.406. The Hall–Kier alpha value is -2.66. The van der Waals surface area contributed by atoms with E-state index in [0.717, 1.165) is 0 Å². The first-order valence-electron chi connectivity index (χ1n) is 7.32. The van der Waals surface area contributed by atoms with Crippen molar-refractivity contribution >= 4 is 0 Å². The third-order valence-electron chi connectivity index (χ3n) is 3.98. The normalized spacial score (nSPS) is 11.8. The van der Waals surface area contributed by atoms with E-state index < -0.39 is 16.8 Å². The molecule has 1 heterocycles. The number of hydrogen-bond acceptors (Lipinski definition) is 2. The van der Waals surface area contributed by atoms with Crippen LogP contribution in [0.2, 0.25) is 0 Å². The standard InChI is InChI=1S/C18H19FN4/c1-17(2,12-20)15-10-14(18(3,4)21-5)9-13(16(15)19)11-23-8-6-7-22-23/h6-10H,11H2,1-4H3. The highest BCUT2D eigenvalue weighted by Crippen LogP contribution is 2.34. The number of nitriles is 1. The highest BCUT2D eigenvalue weighted by molar-refractivity contribution is 5.42. The van der Waals surface area contributed by atoms with Crippen LogP contribution in [-0.4, -0.2) is 9.78 Å². The highest BCUT2D eigenvalue weighted by atomic mass is 19.1. The zero-order valence-corrected chi connectivity index (χ0v) is 13.8. The SMILES string of the molecule is [C-]#[N+]C(C)(C)c1cc(Cn2cccn2)c(F)c(C(C)(C)C#N)c1. The third kappa shape index (κ3) is 3.24. The lowest BCUT2D eigenvalue weighted by Crippen LogP contribution is -2.21. The van der Waals surface area contributed by atoms with Crippen molar-refractivity contribution in [1.82, 2.24) is 9.78 Å². The highest BCUT2D eigenvalue weighted by Gasteiger charge is 2.32. The van der Waals surface area contributed by atoms with Crippen LogP contribution >= 0.6 is 0 Å². The molecular formula is C18H19FN4. The van der Waals surface area contributed by atoms with E-state index >= 15 is 0 Å². The summed E-state index contributed by atoms with van der Waals surface area (Å²) in [7, 11) is 0. The first kappa shape index (κ1) is 16.7. The number of halogens is 1. The monoisotopic (exact) mass is 310 g/mol. The van der Waals surface area contributed by atoms with Gasteiger partial charge in [-0.05, 0) is 32.0 Å². The molecule has 118 valence electrons. The molecule has 0 N–H and O–H groups in total. The Balaban J connectivity index is 2.66. The lowest BCUT2D eigenvalue weighted by Gasteiger charge is -2.22. The average molecular weight is 310 g/mol. The summed E-state index contributed by atoms with van der Waals surface area (Å²) in [4.78, 5) is 3.63. The zero-order chi connectivity index (χ0) is 17.3.